The molecule has 1 aromatic rings. The summed E-state index contributed by atoms with van der Waals surface area (Å²) in [6, 6.07) is 1.72. The van der Waals surface area contributed by atoms with Crippen molar-refractivity contribution in [2.45, 2.75) is 31.7 Å². The largest absolute Gasteiger partial charge is 0.315 e. The molecule has 2 rings (SSSR count). The maximum atomic E-state index is 12.6. The van der Waals surface area contributed by atoms with E-state index in [1.54, 1.807) is 10.4 Å². The minimum absolute atomic E-state index is 0.0895. The van der Waals surface area contributed by atoms with E-state index in [-0.39, 0.29) is 5.41 Å². The summed E-state index contributed by atoms with van der Waals surface area (Å²) in [6.07, 6.45) is 0.928. The van der Waals surface area contributed by atoms with Gasteiger partial charge in [-0.15, -0.1) is 11.3 Å². The summed E-state index contributed by atoms with van der Waals surface area (Å²) in [5.41, 5.74) is 0.0895. The molecule has 0 aromatic carbocycles. The van der Waals surface area contributed by atoms with Crippen molar-refractivity contribution in [2.24, 2.45) is 5.41 Å². The molecule has 0 unspecified atom stereocenters. The SMILES string of the molecule is CNCc1sccc1S(=O)(=O)N1CCC(C)(C)C1. The van der Waals surface area contributed by atoms with Gasteiger partial charge in [0.25, 0.3) is 0 Å². The molecule has 2 heterocycles. The molecule has 1 fully saturated rings. The first-order valence-corrected chi connectivity index (χ1v) is 8.40. The number of nitrogens with zero attached hydrogens (tertiary/aromatic N) is 1. The Morgan fingerprint density at radius 1 is 1.50 bits per heavy atom. The van der Waals surface area contributed by atoms with E-state index in [0.717, 1.165) is 11.3 Å². The molecule has 1 N–H and O–H groups in total. The summed E-state index contributed by atoms with van der Waals surface area (Å²) in [4.78, 5) is 1.36. The first-order chi connectivity index (χ1) is 8.37. The van der Waals surface area contributed by atoms with Crippen LogP contribution in [0.1, 0.15) is 25.1 Å². The van der Waals surface area contributed by atoms with Gasteiger partial charge in [-0.2, -0.15) is 4.31 Å². The van der Waals surface area contributed by atoms with Gasteiger partial charge in [0.2, 0.25) is 10.0 Å². The van der Waals surface area contributed by atoms with Crippen LogP contribution in [0.3, 0.4) is 0 Å². The molecule has 0 bridgehead atoms. The Morgan fingerprint density at radius 2 is 2.22 bits per heavy atom. The summed E-state index contributed by atoms with van der Waals surface area (Å²) < 4.78 is 26.8. The van der Waals surface area contributed by atoms with Gasteiger partial charge in [-0.3, -0.25) is 0 Å². The van der Waals surface area contributed by atoms with Crippen molar-refractivity contribution < 1.29 is 8.42 Å². The highest BCUT2D eigenvalue weighted by Gasteiger charge is 2.37. The van der Waals surface area contributed by atoms with Crippen LogP contribution in [-0.4, -0.2) is 32.9 Å². The molecule has 0 spiro atoms. The van der Waals surface area contributed by atoms with Crippen molar-refractivity contribution in [3.63, 3.8) is 0 Å². The topological polar surface area (TPSA) is 49.4 Å². The maximum Gasteiger partial charge on any atom is 0.244 e. The Bertz CT molecular complexity index is 520. The molecule has 102 valence electrons. The molecule has 1 aliphatic rings. The van der Waals surface area contributed by atoms with Gasteiger partial charge in [0.05, 0.1) is 4.90 Å². The highest BCUT2D eigenvalue weighted by atomic mass is 32.2. The smallest absolute Gasteiger partial charge is 0.244 e. The highest BCUT2D eigenvalue weighted by Crippen LogP contribution is 2.34. The average Bonchev–Trinajstić information content (AvgIpc) is 2.85. The standard InChI is InChI=1S/C12H20N2O2S2/c1-12(2)5-6-14(9-12)18(15,16)11-4-7-17-10(11)8-13-3/h4,7,13H,5-6,8-9H2,1-3H3. The van der Waals surface area contributed by atoms with E-state index in [1.807, 2.05) is 12.4 Å². The molecule has 0 radical (unpaired) electrons. The van der Waals surface area contributed by atoms with Gasteiger partial charge in [0.15, 0.2) is 0 Å². The van der Waals surface area contributed by atoms with Crippen LogP contribution in [0.15, 0.2) is 16.3 Å². The lowest BCUT2D eigenvalue weighted by Gasteiger charge is -2.19. The fraction of sp³-hybridized carbons (Fsp3) is 0.667. The molecule has 18 heavy (non-hydrogen) atoms. The first-order valence-electron chi connectivity index (χ1n) is 6.08. The molecule has 1 aromatic heterocycles. The summed E-state index contributed by atoms with van der Waals surface area (Å²) in [5, 5.41) is 4.86. The Morgan fingerprint density at radius 3 is 2.78 bits per heavy atom. The number of rotatable bonds is 4. The second-order valence-corrected chi connectivity index (χ2v) is 8.40. The van der Waals surface area contributed by atoms with Crippen molar-refractivity contribution in [3.8, 4) is 0 Å². The quantitative estimate of drug-likeness (QED) is 0.920. The fourth-order valence-corrected chi connectivity index (χ4v) is 5.31. The first kappa shape index (κ1) is 14.0. The molecule has 1 saturated heterocycles. The zero-order chi connectivity index (χ0) is 13.4. The summed E-state index contributed by atoms with van der Waals surface area (Å²) in [6.45, 7) is 6.08. The van der Waals surface area contributed by atoms with Gasteiger partial charge in [0.1, 0.15) is 0 Å². The van der Waals surface area contributed by atoms with E-state index < -0.39 is 10.0 Å². The predicted octanol–water partition coefficient (Wildman–Crippen LogP) is 1.89. The number of sulfonamides is 1. The van der Waals surface area contributed by atoms with Crippen LogP contribution >= 0.6 is 11.3 Å². The molecule has 1 aliphatic heterocycles. The molecular formula is C12H20N2O2S2. The van der Waals surface area contributed by atoms with Gasteiger partial charge in [-0.25, -0.2) is 8.42 Å². The van der Waals surface area contributed by atoms with E-state index in [2.05, 4.69) is 19.2 Å². The molecule has 4 nitrogen and oxygen atoms in total. The van der Waals surface area contributed by atoms with Gasteiger partial charge in [0, 0.05) is 24.5 Å². The normalized spacial score (nSPS) is 20.4. The van der Waals surface area contributed by atoms with Crippen LogP contribution in [0.4, 0.5) is 0 Å². The maximum absolute atomic E-state index is 12.6. The second-order valence-electron chi connectivity index (χ2n) is 5.49. The van der Waals surface area contributed by atoms with E-state index in [0.29, 0.717) is 24.5 Å². The lowest BCUT2D eigenvalue weighted by Crippen LogP contribution is -2.30. The highest BCUT2D eigenvalue weighted by molar-refractivity contribution is 7.89. The molecule has 0 amide bonds. The summed E-state index contributed by atoms with van der Waals surface area (Å²) >= 11 is 1.49. The summed E-state index contributed by atoms with van der Waals surface area (Å²) in [7, 11) is -1.49. The number of hydrogen-bond acceptors (Lipinski definition) is 4. The second kappa shape index (κ2) is 4.92. The van der Waals surface area contributed by atoms with Crippen LogP contribution in [0.2, 0.25) is 0 Å². The third-order valence-electron chi connectivity index (χ3n) is 3.30. The van der Waals surface area contributed by atoms with E-state index in [1.165, 1.54) is 11.3 Å². The fourth-order valence-electron chi connectivity index (χ4n) is 2.26. The monoisotopic (exact) mass is 288 g/mol. The Hall–Kier alpha value is -0.430. The van der Waals surface area contributed by atoms with Crippen molar-refractivity contribution in [3.05, 3.63) is 16.3 Å². The van der Waals surface area contributed by atoms with Crippen LogP contribution in [0.5, 0.6) is 0 Å². The zero-order valence-electron chi connectivity index (χ0n) is 11.1. The van der Waals surface area contributed by atoms with Crippen molar-refractivity contribution in [1.29, 1.82) is 0 Å². The molecule has 0 atom stereocenters. The molecular weight excluding hydrogens is 268 g/mol. The average molecular weight is 288 g/mol. The third-order valence-corrected chi connectivity index (χ3v) is 6.28. The van der Waals surface area contributed by atoms with Gasteiger partial charge in [-0.1, -0.05) is 13.8 Å². The van der Waals surface area contributed by atoms with Crippen LogP contribution in [0, 0.1) is 5.41 Å². The Balaban J connectivity index is 2.29. The van der Waals surface area contributed by atoms with Gasteiger partial charge >= 0.3 is 0 Å². The minimum Gasteiger partial charge on any atom is -0.315 e. The van der Waals surface area contributed by atoms with Crippen LogP contribution in [0.25, 0.3) is 0 Å². The van der Waals surface area contributed by atoms with Crippen LogP contribution in [-0.2, 0) is 16.6 Å². The van der Waals surface area contributed by atoms with Gasteiger partial charge < -0.3 is 5.32 Å². The summed E-state index contributed by atoms with van der Waals surface area (Å²) in [5.74, 6) is 0. The molecule has 0 saturated carbocycles. The third kappa shape index (κ3) is 2.61. The number of hydrogen-bond donors (Lipinski definition) is 1. The lowest BCUT2D eigenvalue weighted by atomic mass is 9.93. The molecule has 0 aliphatic carbocycles. The minimum atomic E-state index is -3.32. The van der Waals surface area contributed by atoms with Gasteiger partial charge in [-0.05, 0) is 30.3 Å². The Kier molecular flexibility index (Phi) is 3.82. The number of nitrogens with one attached hydrogen (secondary N) is 1. The zero-order valence-corrected chi connectivity index (χ0v) is 12.7. The predicted molar refractivity (Wildman–Crippen MR) is 74.2 cm³/mol. The number of thiophene rings is 1. The van der Waals surface area contributed by atoms with Crippen molar-refractivity contribution in [1.82, 2.24) is 9.62 Å². The van der Waals surface area contributed by atoms with Crippen molar-refractivity contribution >= 4 is 21.4 Å². The van der Waals surface area contributed by atoms with E-state index in [4.69, 9.17) is 0 Å². The lowest BCUT2D eigenvalue weighted by molar-refractivity contribution is 0.375. The molecule has 6 heteroatoms. The van der Waals surface area contributed by atoms with Crippen LogP contribution < -0.4 is 5.32 Å². The van der Waals surface area contributed by atoms with E-state index in [9.17, 15) is 8.42 Å². The van der Waals surface area contributed by atoms with E-state index >= 15 is 0 Å². The van der Waals surface area contributed by atoms with Crippen molar-refractivity contribution in [2.75, 3.05) is 20.1 Å². The Labute approximate surface area is 113 Å².